The van der Waals surface area contributed by atoms with Gasteiger partial charge in [0.25, 0.3) is 5.92 Å². The van der Waals surface area contributed by atoms with Crippen LogP contribution >= 0.6 is 0 Å². The number of hydrogen-bond donors (Lipinski definition) is 1. The van der Waals surface area contributed by atoms with Gasteiger partial charge in [-0.25, -0.2) is 13.6 Å². The second-order valence-electron chi connectivity index (χ2n) is 12.8. The van der Waals surface area contributed by atoms with E-state index in [4.69, 9.17) is 4.74 Å². The van der Waals surface area contributed by atoms with Crippen LogP contribution in [0.25, 0.3) is 0 Å². The molecule has 0 radical (unpaired) electrons. The topological polar surface area (TPSA) is 53.0 Å². The van der Waals surface area contributed by atoms with Gasteiger partial charge in [-0.2, -0.15) is 0 Å². The fraction of sp³-hybridized carbons (Fsp3) is 0.731. The highest BCUT2D eigenvalue weighted by Crippen LogP contribution is 2.50. The molecule has 2 aliphatic heterocycles. The fourth-order valence-corrected chi connectivity index (χ4v) is 5.00. The predicted octanol–water partition coefficient (Wildman–Crippen LogP) is 6.21. The Balaban J connectivity index is 2.12. The summed E-state index contributed by atoms with van der Waals surface area (Å²) in [7, 11) is 0. The van der Waals surface area contributed by atoms with Gasteiger partial charge in [0.05, 0.1) is 18.3 Å². The Morgan fingerprint density at radius 1 is 1.06 bits per heavy atom. The lowest BCUT2D eigenvalue weighted by molar-refractivity contribution is -0.0119. The van der Waals surface area contributed by atoms with Crippen molar-refractivity contribution in [2.45, 2.75) is 116 Å². The first kappa shape index (κ1) is 25.6. The van der Waals surface area contributed by atoms with Crippen molar-refractivity contribution in [1.82, 2.24) is 4.90 Å². The van der Waals surface area contributed by atoms with Gasteiger partial charge in [0.2, 0.25) is 0 Å². The molecule has 1 N–H and O–H groups in total. The molecule has 5 nitrogen and oxygen atoms in total. The Kier molecular flexibility index (Phi) is 6.00. The molecule has 0 spiro atoms. The normalized spacial score (nSPS) is 25.4. The maximum Gasteiger partial charge on any atom is 0.410 e. The first-order valence-corrected chi connectivity index (χ1v) is 11.8. The quantitative estimate of drug-likeness (QED) is 0.535. The lowest BCUT2D eigenvalue weighted by Gasteiger charge is -2.36. The van der Waals surface area contributed by atoms with E-state index in [1.165, 1.54) is 4.90 Å². The number of aromatic hydroxyl groups is 1. The standard InChI is InChI=1S/C26H40F2N2O3/c1-15-11-19-21(26(27,28)14-29(19)22(32)33-25(8,9)10)30(15)18-13-16(23(2,3)4)12-17(20(18)31)24(5,6)7/h12-13,15,19,21,31H,11,14H2,1-10H3/t15?,19-,21+/m0/s1. The van der Waals surface area contributed by atoms with Gasteiger partial charge in [0, 0.05) is 11.6 Å². The van der Waals surface area contributed by atoms with Crippen molar-refractivity contribution in [3.05, 3.63) is 23.3 Å². The highest BCUT2D eigenvalue weighted by atomic mass is 19.3. The number of fused-ring (bicyclic) bond motifs is 1. The zero-order valence-electron chi connectivity index (χ0n) is 21.7. The molecule has 33 heavy (non-hydrogen) atoms. The van der Waals surface area contributed by atoms with Crippen LogP contribution in [0.1, 0.15) is 86.8 Å². The molecular weight excluding hydrogens is 426 g/mol. The minimum absolute atomic E-state index is 0.0366. The van der Waals surface area contributed by atoms with Crippen LogP contribution in [-0.2, 0) is 15.6 Å². The maximum atomic E-state index is 15.5. The van der Waals surface area contributed by atoms with E-state index in [0.717, 1.165) is 11.1 Å². The largest absolute Gasteiger partial charge is 0.505 e. The Labute approximate surface area is 197 Å². The predicted molar refractivity (Wildman–Crippen MR) is 128 cm³/mol. The highest BCUT2D eigenvalue weighted by molar-refractivity contribution is 5.72. The van der Waals surface area contributed by atoms with Crippen LogP contribution in [0.3, 0.4) is 0 Å². The van der Waals surface area contributed by atoms with Crippen LogP contribution in [-0.4, -0.2) is 52.3 Å². The number of phenols is 1. The molecule has 0 aliphatic carbocycles. The number of amides is 1. The summed E-state index contributed by atoms with van der Waals surface area (Å²) in [6, 6.07) is 1.62. The number of hydrogen-bond acceptors (Lipinski definition) is 4. The molecule has 2 heterocycles. The van der Waals surface area contributed by atoms with E-state index < -0.39 is 36.2 Å². The van der Waals surface area contributed by atoms with Gasteiger partial charge in [0.1, 0.15) is 17.4 Å². The average molecular weight is 467 g/mol. The van der Waals surface area contributed by atoms with Crippen LogP contribution in [0.2, 0.25) is 0 Å². The summed E-state index contributed by atoms with van der Waals surface area (Å²) >= 11 is 0. The summed E-state index contributed by atoms with van der Waals surface area (Å²) in [5.74, 6) is -3.10. The van der Waals surface area contributed by atoms with Gasteiger partial charge in [-0.05, 0) is 56.6 Å². The van der Waals surface area contributed by atoms with E-state index in [1.54, 1.807) is 25.7 Å². The zero-order valence-corrected chi connectivity index (χ0v) is 21.7. The van der Waals surface area contributed by atoms with E-state index in [-0.39, 0.29) is 22.6 Å². The smallest absolute Gasteiger partial charge is 0.410 e. The van der Waals surface area contributed by atoms with Crippen molar-refractivity contribution >= 4 is 11.8 Å². The van der Waals surface area contributed by atoms with Crippen molar-refractivity contribution in [2.24, 2.45) is 0 Å². The molecular formula is C26H40F2N2O3. The minimum Gasteiger partial charge on any atom is -0.505 e. The van der Waals surface area contributed by atoms with Gasteiger partial charge in [-0.3, -0.25) is 4.90 Å². The van der Waals surface area contributed by atoms with Crippen molar-refractivity contribution < 1.29 is 23.4 Å². The summed E-state index contributed by atoms with van der Waals surface area (Å²) in [5.41, 5.74) is 0.745. The first-order valence-electron chi connectivity index (χ1n) is 11.8. The molecule has 186 valence electrons. The summed E-state index contributed by atoms with van der Waals surface area (Å²) in [6.45, 7) is 18.6. The van der Waals surface area contributed by atoms with Gasteiger partial charge < -0.3 is 14.7 Å². The van der Waals surface area contributed by atoms with E-state index in [9.17, 15) is 9.90 Å². The number of benzene rings is 1. The number of phenolic OH excluding ortho intramolecular Hbond substituents is 1. The number of carbonyl (C=O) groups is 1. The number of likely N-dealkylation sites (tertiary alicyclic amines) is 1. The zero-order chi connectivity index (χ0) is 25.3. The highest BCUT2D eigenvalue weighted by Gasteiger charge is 2.63. The third-order valence-electron chi connectivity index (χ3n) is 6.61. The number of alkyl halides is 2. The molecule has 2 saturated heterocycles. The monoisotopic (exact) mass is 466 g/mol. The molecule has 1 aromatic rings. The van der Waals surface area contributed by atoms with E-state index in [0.29, 0.717) is 12.1 Å². The van der Waals surface area contributed by atoms with Gasteiger partial charge >= 0.3 is 6.09 Å². The van der Waals surface area contributed by atoms with Gasteiger partial charge in [-0.1, -0.05) is 47.6 Å². The maximum absolute atomic E-state index is 15.5. The summed E-state index contributed by atoms with van der Waals surface area (Å²) in [6.07, 6.45) is -0.337. The molecule has 3 atom stereocenters. The number of anilines is 1. The van der Waals surface area contributed by atoms with Crippen LogP contribution in [0, 0.1) is 0 Å². The number of halogens is 2. The molecule has 3 rings (SSSR count). The van der Waals surface area contributed by atoms with Gasteiger partial charge in [-0.15, -0.1) is 0 Å². The van der Waals surface area contributed by atoms with Crippen molar-refractivity contribution in [1.29, 1.82) is 0 Å². The van der Waals surface area contributed by atoms with Crippen LogP contribution in [0.4, 0.5) is 19.3 Å². The molecule has 1 unspecified atom stereocenters. The Hall–Kier alpha value is -2.05. The number of carbonyl (C=O) groups excluding carboxylic acids is 1. The summed E-state index contributed by atoms with van der Waals surface area (Å²) in [5, 5.41) is 11.3. The van der Waals surface area contributed by atoms with E-state index in [1.807, 2.05) is 39.8 Å². The minimum atomic E-state index is -3.14. The van der Waals surface area contributed by atoms with Crippen molar-refractivity contribution in [3.8, 4) is 5.75 Å². The lowest BCUT2D eigenvalue weighted by atomic mass is 9.79. The molecule has 0 aromatic heterocycles. The lowest BCUT2D eigenvalue weighted by Crippen LogP contribution is -2.47. The summed E-state index contributed by atoms with van der Waals surface area (Å²) < 4.78 is 36.4. The molecule has 7 heteroatoms. The van der Waals surface area contributed by atoms with Crippen LogP contribution < -0.4 is 4.90 Å². The molecule has 0 bridgehead atoms. The Morgan fingerprint density at radius 3 is 2.12 bits per heavy atom. The number of ether oxygens (including phenoxy) is 1. The first-order chi connectivity index (χ1) is 14.7. The second kappa shape index (κ2) is 7.74. The van der Waals surface area contributed by atoms with Gasteiger partial charge in [0.15, 0.2) is 0 Å². The Morgan fingerprint density at radius 2 is 1.64 bits per heavy atom. The van der Waals surface area contributed by atoms with E-state index >= 15 is 8.78 Å². The Bertz CT molecular complexity index is 925. The van der Waals surface area contributed by atoms with Crippen molar-refractivity contribution in [2.75, 3.05) is 11.4 Å². The third kappa shape index (κ3) is 4.78. The average Bonchev–Trinajstić information content (AvgIpc) is 3.05. The molecule has 1 amide bonds. The third-order valence-corrected chi connectivity index (χ3v) is 6.61. The molecule has 0 saturated carbocycles. The molecule has 2 fully saturated rings. The fourth-order valence-electron chi connectivity index (χ4n) is 5.00. The van der Waals surface area contributed by atoms with E-state index in [2.05, 4.69) is 20.8 Å². The molecule has 2 aliphatic rings. The number of rotatable bonds is 1. The second-order valence-corrected chi connectivity index (χ2v) is 12.8. The SMILES string of the molecule is CC1C[C@H]2[C@@H](N1c1cc(C(C)(C)C)cc(C(C)(C)C)c1O)C(F)(F)CN2C(=O)OC(C)(C)C. The van der Waals surface area contributed by atoms with Crippen LogP contribution in [0.15, 0.2) is 12.1 Å². The number of nitrogens with zero attached hydrogens (tertiary/aromatic N) is 2. The van der Waals surface area contributed by atoms with Crippen molar-refractivity contribution in [3.63, 3.8) is 0 Å². The molecule has 1 aromatic carbocycles. The van der Waals surface area contributed by atoms with Crippen LogP contribution in [0.5, 0.6) is 5.75 Å². The summed E-state index contributed by atoms with van der Waals surface area (Å²) in [4.78, 5) is 15.6.